The van der Waals surface area contributed by atoms with Crippen molar-refractivity contribution in [2.75, 3.05) is 27.8 Å². The van der Waals surface area contributed by atoms with Gasteiger partial charge in [0.15, 0.2) is 11.5 Å². The van der Waals surface area contributed by atoms with Crippen molar-refractivity contribution in [3.63, 3.8) is 0 Å². The Morgan fingerprint density at radius 1 is 0.943 bits per heavy atom. The predicted molar refractivity (Wildman–Crippen MR) is 136 cm³/mol. The molecule has 0 saturated heterocycles. The van der Waals surface area contributed by atoms with Crippen LogP contribution in [0.1, 0.15) is 18.4 Å². The van der Waals surface area contributed by atoms with Crippen LogP contribution in [0, 0.1) is 0 Å². The minimum absolute atomic E-state index is 0.284. The molecule has 0 aliphatic carbocycles. The second-order valence-electron chi connectivity index (χ2n) is 8.33. The third-order valence-corrected chi connectivity index (χ3v) is 5.93. The van der Waals surface area contributed by atoms with Crippen LogP contribution in [0.3, 0.4) is 0 Å². The van der Waals surface area contributed by atoms with Crippen LogP contribution in [0.15, 0.2) is 60.7 Å². The summed E-state index contributed by atoms with van der Waals surface area (Å²) in [7, 11) is 4.59. The van der Waals surface area contributed by atoms with Gasteiger partial charge in [-0.3, -0.25) is 4.79 Å². The second kappa shape index (κ2) is 12.2. The molecule has 3 aromatic rings. The first-order chi connectivity index (χ1) is 16.9. The standard InChI is InChI=1S/C27H33N3O5/c1-30(26(31)22(29)16-18-10-11-19-7-4-5-8-20(19)15-18)23(9-6-14-28)27(32)35-21-12-13-24(33-2)25(17-21)34-3/h4-5,7-8,10-13,15,17,22-23H,6,9,14,16,28-29H2,1-3H3/t22-,23-/m0/s1. The third kappa shape index (κ3) is 6.49. The molecule has 0 aliphatic rings. The van der Waals surface area contributed by atoms with E-state index in [-0.39, 0.29) is 11.7 Å². The fraction of sp³-hybridized carbons (Fsp3) is 0.333. The molecule has 4 N–H and O–H groups in total. The largest absolute Gasteiger partial charge is 0.493 e. The second-order valence-corrected chi connectivity index (χ2v) is 8.33. The molecule has 0 radical (unpaired) electrons. The first-order valence-electron chi connectivity index (χ1n) is 11.5. The predicted octanol–water partition coefficient (Wildman–Crippen LogP) is 2.90. The summed E-state index contributed by atoms with van der Waals surface area (Å²) in [6.45, 7) is 0.380. The van der Waals surface area contributed by atoms with Crippen LogP contribution in [0.2, 0.25) is 0 Å². The fourth-order valence-electron chi connectivity index (χ4n) is 3.97. The molecular formula is C27H33N3O5. The zero-order valence-corrected chi connectivity index (χ0v) is 20.4. The normalized spacial score (nSPS) is 12.6. The van der Waals surface area contributed by atoms with E-state index >= 15 is 0 Å². The number of nitrogens with two attached hydrogens (primary N) is 2. The number of carbonyl (C=O) groups is 2. The summed E-state index contributed by atoms with van der Waals surface area (Å²) in [5, 5.41) is 2.20. The van der Waals surface area contributed by atoms with Crippen LogP contribution in [-0.2, 0) is 16.0 Å². The monoisotopic (exact) mass is 479 g/mol. The Morgan fingerprint density at radius 2 is 1.66 bits per heavy atom. The molecule has 2 atom stereocenters. The number of fused-ring (bicyclic) bond motifs is 1. The third-order valence-electron chi connectivity index (χ3n) is 5.93. The molecular weight excluding hydrogens is 446 g/mol. The van der Waals surface area contributed by atoms with Gasteiger partial charge in [-0.15, -0.1) is 0 Å². The van der Waals surface area contributed by atoms with Gasteiger partial charge in [-0.2, -0.15) is 0 Å². The summed E-state index contributed by atoms with van der Waals surface area (Å²) in [6, 6.07) is 17.2. The van der Waals surface area contributed by atoms with Crippen molar-refractivity contribution in [3.8, 4) is 17.2 Å². The number of amides is 1. The van der Waals surface area contributed by atoms with E-state index in [0.29, 0.717) is 37.3 Å². The van der Waals surface area contributed by atoms with Gasteiger partial charge in [0, 0.05) is 13.1 Å². The number of esters is 1. The van der Waals surface area contributed by atoms with E-state index in [2.05, 4.69) is 0 Å². The number of hydrogen-bond donors (Lipinski definition) is 2. The molecule has 0 spiro atoms. The summed E-state index contributed by atoms with van der Waals surface area (Å²) in [5.41, 5.74) is 12.9. The van der Waals surface area contributed by atoms with Crippen LogP contribution >= 0.6 is 0 Å². The van der Waals surface area contributed by atoms with Crippen molar-refractivity contribution in [2.45, 2.75) is 31.3 Å². The Bertz CT molecular complexity index is 1170. The number of ether oxygens (including phenoxy) is 3. The Kier molecular flexibility index (Phi) is 9.05. The van der Waals surface area contributed by atoms with E-state index in [1.54, 1.807) is 25.2 Å². The van der Waals surface area contributed by atoms with Gasteiger partial charge in [0.2, 0.25) is 5.91 Å². The fourth-order valence-corrected chi connectivity index (χ4v) is 3.97. The molecule has 0 fully saturated rings. The molecule has 8 nitrogen and oxygen atoms in total. The molecule has 0 saturated carbocycles. The molecule has 0 bridgehead atoms. The van der Waals surface area contributed by atoms with Crippen LogP contribution in [0.4, 0.5) is 0 Å². The molecule has 0 aromatic heterocycles. The number of methoxy groups -OCH3 is 2. The van der Waals surface area contributed by atoms with Crippen molar-refractivity contribution < 1.29 is 23.8 Å². The lowest BCUT2D eigenvalue weighted by molar-refractivity contribution is -0.147. The van der Waals surface area contributed by atoms with E-state index in [0.717, 1.165) is 16.3 Å². The summed E-state index contributed by atoms with van der Waals surface area (Å²) in [4.78, 5) is 27.6. The van der Waals surface area contributed by atoms with Crippen LogP contribution in [0.25, 0.3) is 10.8 Å². The smallest absolute Gasteiger partial charge is 0.334 e. The van der Waals surface area contributed by atoms with E-state index in [9.17, 15) is 9.59 Å². The van der Waals surface area contributed by atoms with Gasteiger partial charge in [0.1, 0.15) is 11.8 Å². The van der Waals surface area contributed by atoms with Gasteiger partial charge < -0.3 is 30.6 Å². The molecule has 3 rings (SSSR count). The Hall–Kier alpha value is -3.62. The zero-order valence-electron chi connectivity index (χ0n) is 20.4. The van der Waals surface area contributed by atoms with E-state index in [4.69, 9.17) is 25.7 Å². The van der Waals surface area contributed by atoms with Gasteiger partial charge in [0.05, 0.1) is 20.3 Å². The zero-order chi connectivity index (χ0) is 25.4. The maximum atomic E-state index is 13.2. The summed E-state index contributed by atoms with van der Waals surface area (Å²) in [6.07, 6.45) is 1.25. The minimum atomic E-state index is -0.832. The Labute approximate surface area is 205 Å². The lowest BCUT2D eigenvalue weighted by Crippen LogP contribution is -2.51. The highest BCUT2D eigenvalue weighted by molar-refractivity contribution is 5.88. The highest BCUT2D eigenvalue weighted by Crippen LogP contribution is 2.31. The van der Waals surface area contributed by atoms with Crippen LogP contribution < -0.4 is 25.7 Å². The summed E-state index contributed by atoms with van der Waals surface area (Å²) >= 11 is 0. The minimum Gasteiger partial charge on any atom is -0.493 e. The van der Waals surface area contributed by atoms with Crippen molar-refractivity contribution in [1.82, 2.24) is 4.90 Å². The van der Waals surface area contributed by atoms with Crippen LogP contribution in [-0.4, -0.2) is 56.7 Å². The van der Waals surface area contributed by atoms with E-state index < -0.39 is 18.1 Å². The summed E-state index contributed by atoms with van der Waals surface area (Å²) < 4.78 is 16.1. The van der Waals surface area contributed by atoms with Crippen molar-refractivity contribution in [2.24, 2.45) is 11.5 Å². The highest BCUT2D eigenvalue weighted by Gasteiger charge is 2.31. The molecule has 8 heteroatoms. The lowest BCUT2D eigenvalue weighted by Gasteiger charge is -2.29. The topological polar surface area (TPSA) is 117 Å². The maximum Gasteiger partial charge on any atom is 0.334 e. The molecule has 0 heterocycles. The molecule has 35 heavy (non-hydrogen) atoms. The van der Waals surface area contributed by atoms with Crippen molar-refractivity contribution >= 4 is 22.6 Å². The quantitative estimate of drug-likeness (QED) is 0.321. The Morgan fingerprint density at radius 3 is 2.34 bits per heavy atom. The molecule has 0 unspecified atom stereocenters. The first kappa shape index (κ1) is 26.0. The average Bonchev–Trinajstić information content (AvgIpc) is 2.88. The van der Waals surface area contributed by atoms with E-state index in [1.165, 1.54) is 19.1 Å². The average molecular weight is 480 g/mol. The Balaban J connectivity index is 1.72. The first-order valence-corrected chi connectivity index (χ1v) is 11.5. The SMILES string of the molecule is COc1ccc(OC(=O)[C@H](CCCN)N(C)C(=O)[C@@H](N)Cc2ccc3ccccc3c2)cc1OC. The highest BCUT2D eigenvalue weighted by atomic mass is 16.5. The van der Waals surface area contributed by atoms with Crippen molar-refractivity contribution in [3.05, 3.63) is 66.2 Å². The van der Waals surface area contributed by atoms with Gasteiger partial charge in [-0.05, 0) is 54.3 Å². The number of nitrogens with zero attached hydrogens (tertiary/aromatic N) is 1. The number of hydrogen-bond acceptors (Lipinski definition) is 7. The van der Waals surface area contributed by atoms with Crippen LogP contribution in [0.5, 0.6) is 17.2 Å². The molecule has 3 aromatic carbocycles. The van der Waals surface area contributed by atoms with Crippen molar-refractivity contribution in [1.29, 1.82) is 0 Å². The van der Waals surface area contributed by atoms with Gasteiger partial charge >= 0.3 is 5.97 Å². The number of rotatable bonds is 11. The molecule has 0 aliphatic heterocycles. The number of benzene rings is 3. The number of carbonyl (C=O) groups excluding carboxylic acids is 2. The van der Waals surface area contributed by atoms with E-state index in [1.807, 2.05) is 42.5 Å². The van der Waals surface area contributed by atoms with Gasteiger partial charge in [-0.1, -0.05) is 42.5 Å². The molecule has 1 amide bonds. The summed E-state index contributed by atoms with van der Waals surface area (Å²) in [5.74, 6) is 0.313. The number of likely N-dealkylation sites (N-methyl/N-ethyl adjacent to an activating group) is 1. The maximum absolute atomic E-state index is 13.2. The molecule has 186 valence electrons. The lowest BCUT2D eigenvalue weighted by atomic mass is 10.0. The van der Waals surface area contributed by atoms with Gasteiger partial charge in [-0.25, -0.2) is 4.79 Å². The van der Waals surface area contributed by atoms with Gasteiger partial charge in [0.25, 0.3) is 0 Å².